The molecule has 96 valence electrons. The van der Waals surface area contributed by atoms with Crippen molar-refractivity contribution in [1.82, 2.24) is 9.97 Å². The summed E-state index contributed by atoms with van der Waals surface area (Å²) in [6.07, 6.45) is 0.228. The Labute approximate surface area is 108 Å². The molecular weight excluding hydrogens is 244 g/mol. The third-order valence-electron chi connectivity index (χ3n) is 3.17. The summed E-state index contributed by atoms with van der Waals surface area (Å²) in [5.74, 6) is -0.204. The van der Waals surface area contributed by atoms with Gasteiger partial charge in [-0.1, -0.05) is 30.3 Å². The molecule has 1 atom stereocenters. The first-order chi connectivity index (χ1) is 9.15. The lowest BCUT2D eigenvalue weighted by molar-refractivity contribution is -0.116. The van der Waals surface area contributed by atoms with Crippen LogP contribution >= 0.6 is 0 Å². The molecule has 6 heteroatoms. The van der Waals surface area contributed by atoms with Crippen LogP contribution in [-0.2, 0) is 4.79 Å². The number of rotatable bonds is 1. The van der Waals surface area contributed by atoms with Gasteiger partial charge in [0.15, 0.2) is 0 Å². The average Bonchev–Trinajstić information content (AvgIpc) is 2.38. The molecule has 19 heavy (non-hydrogen) atoms. The molecule has 1 aliphatic heterocycles. The van der Waals surface area contributed by atoms with Crippen LogP contribution in [0.2, 0.25) is 0 Å². The number of anilines is 2. The number of amides is 1. The van der Waals surface area contributed by atoms with Crippen molar-refractivity contribution < 1.29 is 4.79 Å². The van der Waals surface area contributed by atoms with E-state index in [4.69, 9.17) is 5.73 Å². The van der Waals surface area contributed by atoms with Gasteiger partial charge in [0.1, 0.15) is 5.82 Å². The highest BCUT2D eigenvalue weighted by atomic mass is 16.2. The van der Waals surface area contributed by atoms with Gasteiger partial charge in [0, 0.05) is 12.3 Å². The van der Waals surface area contributed by atoms with E-state index in [1.807, 2.05) is 30.3 Å². The van der Waals surface area contributed by atoms with E-state index in [0.717, 1.165) is 5.56 Å². The molecule has 1 aliphatic rings. The van der Waals surface area contributed by atoms with Gasteiger partial charge in [0.05, 0.1) is 5.56 Å². The Morgan fingerprint density at radius 2 is 1.95 bits per heavy atom. The number of nitrogens with one attached hydrogen (secondary N) is 2. The zero-order valence-electron chi connectivity index (χ0n) is 10.0. The van der Waals surface area contributed by atoms with Crippen molar-refractivity contribution in [1.29, 1.82) is 0 Å². The number of nitrogens with two attached hydrogens (primary N) is 1. The van der Waals surface area contributed by atoms with E-state index in [1.165, 1.54) is 0 Å². The SMILES string of the molecule is Nc1nc2c(c(=O)[nH]1)[C@@H](c1ccccc1)CC(=O)N2. The number of H-pyrrole nitrogens is 1. The summed E-state index contributed by atoms with van der Waals surface area (Å²) < 4.78 is 0. The highest BCUT2D eigenvalue weighted by Gasteiger charge is 2.30. The molecule has 0 radical (unpaired) electrons. The molecule has 4 N–H and O–H groups in total. The highest BCUT2D eigenvalue weighted by molar-refractivity contribution is 5.94. The fraction of sp³-hybridized carbons (Fsp3) is 0.154. The molecule has 0 fully saturated rings. The number of benzene rings is 1. The minimum Gasteiger partial charge on any atom is -0.369 e. The van der Waals surface area contributed by atoms with Gasteiger partial charge in [-0.15, -0.1) is 0 Å². The number of carbonyl (C=O) groups excluding carboxylic acids is 1. The number of hydrogen-bond donors (Lipinski definition) is 3. The molecule has 0 saturated heterocycles. The number of fused-ring (bicyclic) bond motifs is 1. The number of aromatic nitrogens is 2. The van der Waals surface area contributed by atoms with Crippen molar-refractivity contribution in [3.8, 4) is 0 Å². The van der Waals surface area contributed by atoms with Crippen LogP contribution in [0.3, 0.4) is 0 Å². The number of nitrogens with zero attached hydrogens (tertiary/aromatic N) is 1. The van der Waals surface area contributed by atoms with Gasteiger partial charge in [0.2, 0.25) is 11.9 Å². The number of nitrogen functional groups attached to an aromatic ring is 1. The smallest absolute Gasteiger partial charge is 0.258 e. The summed E-state index contributed by atoms with van der Waals surface area (Å²) >= 11 is 0. The molecular formula is C13H12N4O2. The van der Waals surface area contributed by atoms with Crippen LogP contribution in [0.25, 0.3) is 0 Å². The van der Waals surface area contributed by atoms with Gasteiger partial charge >= 0.3 is 0 Å². The van der Waals surface area contributed by atoms with E-state index in [-0.39, 0.29) is 35.6 Å². The molecule has 1 amide bonds. The molecule has 0 saturated carbocycles. The van der Waals surface area contributed by atoms with E-state index < -0.39 is 0 Å². The topological polar surface area (TPSA) is 101 Å². The van der Waals surface area contributed by atoms with E-state index in [1.54, 1.807) is 0 Å². The zero-order valence-corrected chi connectivity index (χ0v) is 10.0. The maximum Gasteiger partial charge on any atom is 0.258 e. The predicted molar refractivity (Wildman–Crippen MR) is 70.8 cm³/mol. The van der Waals surface area contributed by atoms with Crippen LogP contribution in [0.15, 0.2) is 35.1 Å². The first-order valence-corrected chi connectivity index (χ1v) is 5.89. The average molecular weight is 256 g/mol. The molecule has 2 aromatic rings. The fourth-order valence-corrected chi connectivity index (χ4v) is 2.36. The largest absolute Gasteiger partial charge is 0.369 e. The summed E-state index contributed by atoms with van der Waals surface area (Å²) in [7, 11) is 0. The Balaban J connectivity index is 2.20. The summed E-state index contributed by atoms with van der Waals surface area (Å²) in [4.78, 5) is 30.2. The summed E-state index contributed by atoms with van der Waals surface area (Å²) in [5, 5.41) is 2.59. The molecule has 0 unspecified atom stereocenters. The Morgan fingerprint density at radius 1 is 1.21 bits per heavy atom. The van der Waals surface area contributed by atoms with E-state index in [9.17, 15) is 9.59 Å². The molecule has 1 aromatic heterocycles. The standard InChI is InChI=1S/C13H12N4O2/c14-13-16-11-10(12(19)17-13)8(6-9(18)15-11)7-4-2-1-3-5-7/h1-5,8H,6H2,(H4,14,15,16,17,18,19)/t8-/m1/s1. The molecule has 0 bridgehead atoms. The first kappa shape index (κ1) is 11.5. The monoisotopic (exact) mass is 256 g/mol. The normalized spacial score (nSPS) is 17.7. The van der Waals surface area contributed by atoms with Gasteiger partial charge in [0.25, 0.3) is 5.56 Å². The Morgan fingerprint density at radius 3 is 2.68 bits per heavy atom. The second-order valence-corrected chi connectivity index (χ2v) is 4.43. The summed E-state index contributed by atoms with van der Waals surface area (Å²) in [6.45, 7) is 0. The lowest BCUT2D eigenvalue weighted by Gasteiger charge is -2.24. The van der Waals surface area contributed by atoms with Crippen LogP contribution in [-0.4, -0.2) is 15.9 Å². The van der Waals surface area contributed by atoms with E-state index in [0.29, 0.717) is 5.56 Å². The number of hydrogen-bond acceptors (Lipinski definition) is 4. The van der Waals surface area contributed by atoms with Crippen molar-refractivity contribution in [2.75, 3.05) is 11.1 Å². The number of aromatic amines is 1. The van der Waals surface area contributed by atoms with Gasteiger partial charge in [-0.3, -0.25) is 14.6 Å². The highest BCUT2D eigenvalue weighted by Crippen LogP contribution is 2.33. The second-order valence-electron chi connectivity index (χ2n) is 4.43. The second kappa shape index (κ2) is 4.24. The summed E-state index contributed by atoms with van der Waals surface area (Å²) in [5.41, 5.74) is 6.56. The lowest BCUT2D eigenvalue weighted by atomic mass is 9.87. The fourth-order valence-electron chi connectivity index (χ4n) is 2.36. The van der Waals surface area contributed by atoms with Crippen molar-refractivity contribution in [2.45, 2.75) is 12.3 Å². The summed E-state index contributed by atoms with van der Waals surface area (Å²) in [6, 6.07) is 9.42. The molecule has 6 nitrogen and oxygen atoms in total. The van der Waals surface area contributed by atoms with Crippen molar-refractivity contribution >= 4 is 17.7 Å². The van der Waals surface area contributed by atoms with Crippen LogP contribution in [0, 0.1) is 0 Å². The quantitative estimate of drug-likeness (QED) is 0.703. The van der Waals surface area contributed by atoms with E-state index in [2.05, 4.69) is 15.3 Å². The van der Waals surface area contributed by atoms with Crippen LogP contribution in [0.5, 0.6) is 0 Å². The van der Waals surface area contributed by atoms with E-state index >= 15 is 0 Å². The number of carbonyl (C=O) groups is 1. The Hall–Kier alpha value is -2.63. The Kier molecular flexibility index (Phi) is 2.56. The maximum atomic E-state index is 12.0. The lowest BCUT2D eigenvalue weighted by Crippen LogP contribution is -2.31. The van der Waals surface area contributed by atoms with Crippen LogP contribution < -0.4 is 16.6 Å². The minimum absolute atomic E-state index is 0.00207. The Bertz CT molecular complexity index is 694. The van der Waals surface area contributed by atoms with Gasteiger partial charge in [-0.2, -0.15) is 4.98 Å². The molecule has 0 spiro atoms. The van der Waals surface area contributed by atoms with Gasteiger partial charge in [-0.25, -0.2) is 0 Å². The van der Waals surface area contributed by atoms with Gasteiger partial charge in [-0.05, 0) is 5.56 Å². The third-order valence-corrected chi connectivity index (χ3v) is 3.17. The molecule has 2 heterocycles. The third kappa shape index (κ3) is 1.97. The van der Waals surface area contributed by atoms with Crippen molar-refractivity contribution in [3.63, 3.8) is 0 Å². The maximum absolute atomic E-state index is 12.0. The molecule has 0 aliphatic carbocycles. The van der Waals surface area contributed by atoms with Crippen LogP contribution in [0.1, 0.15) is 23.5 Å². The molecule has 3 rings (SSSR count). The van der Waals surface area contributed by atoms with Crippen LogP contribution in [0.4, 0.5) is 11.8 Å². The zero-order chi connectivity index (χ0) is 13.4. The van der Waals surface area contributed by atoms with Crippen molar-refractivity contribution in [2.24, 2.45) is 0 Å². The van der Waals surface area contributed by atoms with Crippen molar-refractivity contribution in [3.05, 3.63) is 51.8 Å². The minimum atomic E-state index is -0.309. The van der Waals surface area contributed by atoms with Gasteiger partial charge < -0.3 is 11.1 Å². The predicted octanol–water partition coefficient (Wildman–Crippen LogP) is 0.826. The molecule has 1 aromatic carbocycles. The first-order valence-electron chi connectivity index (χ1n) is 5.89.